The summed E-state index contributed by atoms with van der Waals surface area (Å²) in [5, 5.41) is 2.95. The van der Waals surface area contributed by atoms with E-state index in [-0.39, 0.29) is 12.4 Å². The van der Waals surface area contributed by atoms with Gasteiger partial charge in [0.05, 0.1) is 10.7 Å². The normalized spacial score (nSPS) is 10.5. The number of nitrogens with zero attached hydrogens (tertiary/aromatic N) is 1. The fourth-order valence-electron chi connectivity index (χ4n) is 1.47. The molecule has 5 heteroatoms. The zero-order chi connectivity index (χ0) is 12.3. The quantitative estimate of drug-likeness (QED) is 0.910. The van der Waals surface area contributed by atoms with Gasteiger partial charge >= 0.3 is 0 Å². The average molecular weight is 252 g/mol. The number of hydrogen-bond acceptors (Lipinski definition) is 4. The van der Waals surface area contributed by atoms with Gasteiger partial charge in [-0.25, -0.2) is 9.37 Å². The van der Waals surface area contributed by atoms with Crippen LogP contribution in [0.5, 0.6) is 5.75 Å². The third-order valence-electron chi connectivity index (χ3n) is 2.28. The first-order valence-corrected chi connectivity index (χ1v) is 6.09. The van der Waals surface area contributed by atoms with Crippen LogP contribution in [0.25, 0.3) is 0 Å². The smallest absolute Gasteiger partial charge is 0.131 e. The summed E-state index contributed by atoms with van der Waals surface area (Å²) in [5.74, 6) is 0.307. The highest BCUT2D eigenvalue weighted by Gasteiger charge is 2.05. The zero-order valence-corrected chi connectivity index (χ0v) is 10.3. The summed E-state index contributed by atoms with van der Waals surface area (Å²) >= 11 is 1.58. The summed E-state index contributed by atoms with van der Waals surface area (Å²) in [7, 11) is 0. The summed E-state index contributed by atoms with van der Waals surface area (Å²) in [6, 6.07) is 4.35. The van der Waals surface area contributed by atoms with Gasteiger partial charge in [0, 0.05) is 17.5 Å². The van der Waals surface area contributed by atoms with E-state index in [4.69, 9.17) is 10.5 Å². The summed E-state index contributed by atoms with van der Waals surface area (Å²) in [5.41, 5.74) is 7.07. The number of aromatic nitrogens is 1. The second kappa shape index (κ2) is 5.25. The van der Waals surface area contributed by atoms with Gasteiger partial charge in [0.1, 0.15) is 18.2 Å². The Labute approximate surface area is 103 Å². The van der Waals surface area contributed by atoms with Crippen molar-refractivity contribution in [3.63, 3.8) is 0 Å². The van der Waals surface area contributed by atoms with Crippen LogP contribution in [0, 0.1) is 12.7 Å². The van der Waals surface area contributed by atoms with Crippen LogP contribution in [0.3, 0.4) is 0 Å². The highest BCUT2D eigenvalue weighted by Crippen LogP contribution is 2.20. The van der Waals surface area contributed by atoms with Gasteiger partial charge in [-0.05, 0) is 25.1 Å². The van der Waals surface area contributed by atoms with Gasteiger partial charge in [0.2, 0.25) is 0 Å². The topological polar surface area (TPSA) is 48.1 Å². The lowest BCUT2D eigenvalue weighted by Crippen LogP contribution is -2.03. The van der Waals surface area contributed by atoms with E-state index in [0.717, 1.165) is 10.7 Å². The lowest BCUT2D eigenvalue weighted by atomic mass is 10.2. The van der Waals surface area contributed by atoms with Crippen LogP contribution in [0.1, 0.15) is 16.3 Å². The second-order valence-electron chi connectivity index (χ2n) is 3.60. The molecule has 90 valence electrons. The molecule has 0 bridgehead atoms. The molecule has 2 aromatic rings. The van der Waals surface area contributed by atoms with Crippen molar-refractivity contribution < 1.29 is 9.13 Å². The molecule has 0 amide bonds. The molecule has 0 spiro atoms. The number of halogens is 1. The molecule has 0 unspecified atom stereocenters. The number of nitrogens with two attached hydrogens (primary N) is 1. The maximum absolute atomic E-state index is 13.0. The first-order valence-electron chi connectivity index (χ1n) is 5.21. The number of rotatable bonds is 4. The Morgan fingerprint density at radius 2 is 2.29 bits per heavy atom. The summed E-state index contributed by atoms with van der Waals surface area (Å²) in [6.45, 7) is 2.57. The van der Waals surface area contributed by atoms with Crippen molar-refractivity contribution in [3.05, 3.63) is 45.7 Å². The number of ether oxygens (including phenoxy) is 1. The summed E-state index contributed by atoms with van der Waals surface area (Å²) in [4.78, 5) is 4.29. The highest BCUT2D eigenvalue weighted by molar-refractivity contribution is 7.09. The first kappa shape index (κ1) is 12.0. The Kier molecular flexibility index (Phi) is 3.71. The van der Waals surface area contributed by atoms with E-state index in [0.29, 0.717) is 17.9 Å². The van der Waals surface area contributed by atoms with Crippen LogP contribution in [-0.4, -0.2) is 4.98 Å². The summed E-state index contributed by atoms with van der Waals surface area (Å²) < 4.78 is 18.6. The SMILES string of the molecule is Cc1nc(COc2ccc(F)cc2CN)cs1. The number of thiazole rings is 1. The average Bonchev–Trinajstić information content (AvgIpc) is 2.73. The van der Waals surface area contributed by atoms with Crippen molar-refractivity contribution in [1.29, 1.82) is 0 Å². The van der Waals surface area contributed by atoms with E-state index < -0.39 is 0 Å². The van der Waals surface area contributed by atoms with Gasteiger partial charge in [0.25, 0.3) is 0 Å². The molecule has 0 atom stereocenters. The fourth-order valence-corrected chi connectivity index (χ4v) is 2.07. The predicted octanol–water partition coefficient (Wildman–Crippen LogP) is 2.63. The van der Waals surface area contributed by atoms with Crippen LogP contribution < -0.4 is 10.5 Å². The standard InChI is InChI=1S/C12H13FN2OS/c1-8-15-11(7-17-8)6-16-12-3-2-10(13)4-9(12)5-14/h2-4,7H,5-6,14H2,1H3. The van der Waals surface area contributed by atoms with E-state index >= 15 is 0 Å². The Bertz CT molecular complexity index is 513. The van der Waals surface area contributed by atoms with Gasteiger partial charge < -0.3 is 10.5 Å². The minimum atomic E-state index is -0.303. The molecule has 0 fully saturated rings. The van der Waals surface area contributed by atoms with Crippen LogP contribution in [0.4, 0.5) is 4.39 Å². The van der Waals surface area contributed by atoms with E-state index in [1.54, 1.807) is 17.4 Å². The molecule has 3 nitrogen and oxygen atoms in total. The molecule has 0 aliphatic heterocycles. The van der Waals surface area contributed by atoms with Crippen molar-refractivity contribution in [1.82, 2.24) is 4.98 Å². The van der Waals surface area contributed by atoms with Crippen molar-refractivity contribution in [2.24, 2.45) is 5.73 Å². The van der Waals surface area contributed by atoms with Gasteiger partial charge in [-0.15, -0.1) is 11.3 Å². The van der Waals surface area contributed by atoms with Gasteiger partial charge in [-0.2, -0.15) is 0 Å². The summed E-state index contributed by atoms with van der Waals surface area (Å²) in [6.07, 6.45) is 0. The van der Waals surface area contributed by atoms with Crippen LogP contribution in [0.2, 0.25) is 0 Å². The lowest BCUT2D eigenvalue weighted by Gasteiger charge is -2.09. The van der Waals surface area contributed by atoms with Crippen molar-refractivity contribution in [3.8, 4) is 5.75 Å². The minimum Gasteiger partial charge on any atom is -0.487 e. The molecular formula is C12H13FN2OS. The number of aryl methyl sites for hydroxylation is 1. The van der Waals surface area contributed by atoms with Crippen LogP contribution >= 0.6 is 11.3 Å². The molecule has 0 saturated heterocycles. The maximum Gasteiger partial charge on any atom is 0.131 e. The second-order valence-corrected chi connectivity index (χ2v) is 4.66. The zero-order valence-electron chi connectivity index (χ0n) is 9.44. The molecule has 0 aliphatic rings. The third kappa shape index (κ3) is 3.01. The van der Waals surface area contributed by atoms with Crippen molar-refractivity contribution in [2.75, 3.05) is 0 Å². The van der Waals surface area contributed by atoms with E-state index in [1.807, 2.05) is 12.3 Å². The molecule has 0 aliphatic carbocycles. The number of hydrogen-bond donors (Lipinski definition) is 1. The number of benzene rings is 1. The van der Waals surface area contributed by atoms with Crippen LogP contribution in [-0.2, 0) is 13.2 Å². The lowest BCUT2D eigenvalue weighted by molar-refractivity contribution is 0.298. The Balaban J connectivity index is 2.08. The first-order chi connectivity index (χ1) is 8.19. The van der Waals surface area contributed by atoms with Gasteiger partial charge in [0.15, 0.2) is 0 Å². The Morgan fingerprint density at radius 3 is 2.94 bits per heavy atom. The van der Waals surface area contributed by atoms with Crippen molar-refractivity contribution in [2.45, 2.75) is 20.1 Å². The molecule has 1 aromatic carbocycles. The molecule has 2 rings (SSSR count). The molecule has 1 heterocycles. The Morgan fingerprint density at radius 1 is 1.47 bits per heavy atom. The van der Waals surface area contributed by atoms with Gasteiger partial charge in [-0.3, -0.25) is 0 Å². The van der Waals surface area contributed by atoms with E-state index in [2.05, 4.69) is 4.98 Å². The van der Waals surface area contributed by atoms with E-state index in [9.17, 15) is 4.39 Å². The van der Waals surface area contributed by atoms with Gasteiger partial charge in [-0.1, -0.05) is 0 Å². The molecule has 0 radical (unpaired) electrons. The molecule has 1 aromatic heterocycles. The maximum atomic E-state index is 13.0. The third-order valence-corrected chi connectivity index (χ3v) is 3.11. The fraction of sp³-hybridized carbons (Fsp3) is 0.250. The predicted molar refractivity (Wildman–Crippen MR) is 65.5 cm³/mol. The molecule has 2 N–H and O–H groups in total. The monoisotopic (exact) mass is 252 g/mol. The Hall–Kier alpha value is -1.46. The molecular weight excluding hydrogens is 239 g/mol. The van der Waals surface area contributed by atoms with Crippen molar-refractivity contribution >= 4 is 11.3 Å². The largest absolute Gasteiger partial charge is 0.487 e. The van der Waals surface area contributed by atoms with E-state index in [1.165, 1.54) is 12.1 Å². The van der Waals surface area contributed by atoms with Crippen LogP contribution in [0.15, 0.2) is 23.6 Å². The molecule has 17 heavy (non-hydrogen) atoms. The highest BCUT2D eigenvalue weighted by atomic mass is 32.1. The minimum absolute atomic E-state index is 0.253. The molecule has 0 saturated carbocycles.